The van der Waals surface area contributed by atoms with Gasteiger partial charge in [0.1, 0.15) is 5.72 Å². The Labute approximate surface area is 127 Å². The lowest BCUT2D eigenvalue weighted by Crippen LogP contribution is -2.50. The Morgan fingerprint density at radius 1 is 1.29 bits per heavy atom. The van der Waals surface area contributed by atoms with Gasteiger partial charge in [-0.15, -0.1) is 0 Å². The van der Waals surface area contributed by atoms with E-state index in [4.69, 9.17) is 4.74 Å². The molecule has 0 bridgehead atoms. The van der Waals surface area contributed by atoms with Crippen LogP contribution in [0.3, 0.4) is 0 Å². The van der Waals surface area contributed by atoms with E-state index in [-0.39, 0.29) is 17.7 Å². The maximum Gasteiger partial charge on any atom is 0.256 e. The minimum atomic E-state index is -0.327. The Kier molecular flexibility index (Phi) is 4.03. The summed E-state index contributed by atoms with van der Waals surface area (Å²) in [4.78, 5) is 15.1. The number of ether oxygens (including phenoxy) is 1. The normalized spacial score (nSPS) is 24.1. The smallest absolute Gasteiger partial charge is 0.256 e. The van der Waals surface area contributed by atoms with Crippen molar-refractivity contribution in [2.24, 2.45) is 5.92 Å². The highest BCUT2D eigenvalue weighted by Gasteiger charge is 2.51. The summed E-state index contributed by atoms with van der Waals surface area (Å²) in [6.45, 7) is 5.12. The van der Waals surface area contributed by atoms with Crippen molar-refractivity contribution in [3.05, 3.63) is 35.9 Å². The summed E-state index contributed by atoms with van der Waals surface area (Å²) in [5.41, 5.74) is 0.454. The van der Waals surface area contributed by atoms with Gasteiger partial charge in [-0.1, -0.05) is 32.0 Å². The van der Waals surface area contributed by atoms with Crippen LogP contribution < -0.4 is 0 Å². The second-order valence-corrected chi connectivity index (χ2v) is 6.79. The SMILES string of the molecule is CC(C)CC1COC2(CCCC2)N1C(=O)c1ccccc1. The Morgan fingerprint density at radius 3 is 2.57 bits per heavy atom. The predicted molar refractivity (Wildman–Crippen MR) is 83.0 cm³/mol. The van der Waals surface area contributed by atoms with Crippen molar-refractivity contribution in [1.82, 2.24) is 4.90 Å². The van der Waals surface area contributed by atoms with Gasteiger partial charge in [0.2, 0.25) is 0 Å². The van der Waals surface area contributed by atoms with E-state index in [9.17, 15) is 4.79 Å². The van der Waals surface area contributed by atoms with Crippen molar-refractivity contribution in [2.45, 2.75) is 57.7 Å². The van der Waals surface area contributed by atoms with Gasteiger partial charge in [0, 0.05) is 5.56 Å². The molecule has 3 heteroatoms. The summed E-state index contributed by atoms with van der Waals surface area (Å²) >= 11 is 0. The van der Waals surface area contributed by atoms with Crippen molar-refractivity contribution >= 4 is 5.91 Å². The number of hydrogen-bond donors (Lipinski definition) is 0. The van der Waals surface area contributed by atoms with E-state index in [1.807, 2.05) is 30.3 Å². The maximum absolute atomic E-state index is 13.0. The number of nitrogens with zero attached hydrogens (tertiary/aromatic N) is 1. The highest BCUT2D eigenvalue weighted by atomic mass is 16.5. The van der Waals surface area contributed by atoms with Gasteiger partial charge >= 0.3 is 0 Å². The van der Waals surface area contributed by atoms with Crippen LogP contribution >= 0.6 is 0 Å². The second-order valence-electron chi connectivity index (χ2n) is 6.79. The molecule has 2 fully saturated rings. The third-order valence-electron chi connectivity index (χ3n) is 4.72. The first-order valence-electron chi connectivity index (χ1n) is 8.15. The number of benzene rings is 1. The second kappa shape index (κ2) is 5.80. The van der Waals surface area contributed by atoms with E-state index in [1.54, 1.807) is 0 Å². The van der Waals surface area contributed by atoms with Gasteiger partial charge in [-0.25, -0.2) is 0 Å². The molecule has 1 atom stereocenters. The molecule has 1 spiro atoms. The molecule has 1 unspecified atom stereocenters. The largest absolute Gasteiger partial charge is 0.353 e. The number of carbonyl (C=O) groups excluding carboxylic acids is 1. The van der Waals surface area contributed by atoms with Gasteiger partial charge in [-0.05, 0) is 50.2 Å². The quantitative estimate of drug-likeness (QED) is 0.845. The number of carbonyl (C=O) groups is 1. The summed E-state index contributed by atoms with van der Waals surface area (Å²) in [5.74, 6) is 0.710. The average Bonchev–Trinajstić information content (AvgIpc) is 3.08. The van der Waals surface area contributed by atoms with Crippen LogP contribution in [0.2, 0.25) is 0 Å². The van der Waals surface area contributed by atoms with E-state index in [2.05, 4.69) is 18.7 Å². The Morgan fingerprint density at radius 2 is 1.95 bits per heavy atom. The predicted octanol–water partition coefficient (Wildman–Crippen LogP) is 3.84. The lowest BCUT2D eigenvalue weighted by Gasteiger charge is -2.37. The van der Waals surface area contributed by atoms with Crippen LogP contribution in [0, 0.1) is 5.92 Å². The molecule has 1 aromatic rings. The molecular formula is C18H25NO2. The summed E-state index contributed by atoms with van der Waals surface area (Å²) in [5, 5.41) is 0. The van der Waals surface area contributed by atoms with Crippen LogP contribution in [-0.4, -0.2) is 29.2 Å². The molecular weight excluding hydrogens is 262 g/mol. The Bertz CT molecular complexity index is 491. The topological polar surface area (TPSA) is 29.5 Å². The molecule has 1 saturated heterocycles. The standard InChI is InChI=1S/C18H25NO2/c1-14(2)12-16-13-21-18(10-6-7-11-18)19(16)17(20)15-8-4-3-5-9-15/h3-5,8-9,14,16H,6-7,10-13H2,1-2H3. The molecule has 3 rings (SSSR count). The van der Waals surface area contributed by atoms with E-state index in [0.29, 0.717) is 12.5 Å². The fourth-order valence-corrected chi connectivity index (χ4v) is 3.83. The third kappa shape index (κ3) is 2.71. The molecule has 3 nitrogen and oxygen atoms in total. The fraction of sp³-hybridized carbons (Fsp3) is 0.611. The first kappa shape index (κ1) is 14.6. The molecule has 21 heavy (non-hydrogen) atoms. The van der Waals surface area contributed by atoms with Gasteiger partial charge in [0.15, 0.2) is 0 Å². The highest BCUT2D eigenvalue weighted by molar-refractivity contribution is 5.95. The molecule has 0 N–H and O–H groups in total. The van der Waals surface area contributed by atoms with Gasteiger partial charge in [-0.3, -0.25) is 4.79 Å². The van der Waals surface area contributed by atoms with E-state index in [0.717, 1.165) is 37.7 Å². The zero-order valence-electron chi connectivity index (χ0n) is 13.0. The summed E-state index contributed by atoms with van der Waals surface area (Å²) < 4.78 is 6.18. The summed E-state index contributed by atoms with van der Waals surface area (Å²) in [6.07, 6.45) is 5.31. The van der Waals surface area contributed by atoms with Crippen LogP contribution in [0.1, 0.15) is 56.3 Å². The van der Waals surface area contributed by atoms with Gasteiger partial charge in [-0.2, -0.15) is 0 Å². The number of amides is 1. The third-order valence-corrected chi connectivity index (χ3v) is 4.72. The number of rotatable bonds is 3. The molecule has 0 aromatic heterocycles. The van der Waals surface area contributed by atoms with E-state index in [1.165, 1.54) is 0 Å². The first-order chi connectivity index (χ1) is 10.1. The zero-order valence-corrected chi connectivity index (χ0v) is 13.0. The van der Waals surface area contributed by atoms with Crippen molar-refractivity contribution in [2.75, 3.05) is 6.61 Å². The lowest BCUT2D eigenvalue weighted by molar-refractivity contribution is -0.0645. The molecule has 2 aliphatic rings. The van der Waals surface area contributed by atoms with Gasteiger partial charge < -0.3 is 9.64 Å². The molecule has 1 saturated carbocycles. The maximum atomic E-state index is 13.0. The molecule has 114 valence electrons. The minimum Gasteiger partial charge on any atom is -0.353 e. The fourth-order valence-electron chi connectivity index (χ4n) is 3.83. The van der Waals surface area contributed by atoms with Crippen molar-refractivity contribution in [1.29, 1.82) is 0 Å². The molecule has 0 radical (unpaired) electrons. The van der Waals surface area contributed by atoms with Crippen LogP contribution in [-0.2, 0) is 4.74 Å². The van der Waals surface area contributed by atoms with Crippen LogP contribution in [0.15, 0.2) is 30.3 Å². The van der Waals surface area contributed by atoms with Crippen LogP contribution in [0.4, 0.5) is 0 Å². The van der Waals surface area contributed by atoms with Gasteiger partial charge in [0.25, 0.3) is 5.91 Å². The molecule has 1 aliphatic heterocycles. The zero-order chi connectivity index (χ0) is 14.9. The van der Waals surface area contributed by atoms with Crippen molar-refractivity contribution in [3.63, 3.8) is 0 Å². The molecule has 1 aromatic carbocycles. The molecule has 1 heterocycles. The summed E-state index contributed by atoms with van der Waals surface area (Å²) in [6, 6.07) is 9.86. The average molecular weight is 287 g/mol. The first-order valence-corrected chi connectivity index (χ1v) is 8.15. The van der Waals surface area contributed by atoms with Crippen LogP contribution in [0.5, 0.6) is 0 Å². The molecule has 1 amide bonds. The minimum absolute atomic E-state index is 0.139. The van der Waals surface area contributed by atoms with Gasteiger partial charge in [0.05, 0.1) is 12.6 Å². The van der Waals surface area contributed by atoms with E-state index >= 15 is 0 Å². The highest BCUT2D eigenvalue weighted by Crippen LogP contribution is 2.43. The lowest BCUT2D eigenvalue weighted by atomic mass is 10.00. The Hall–Kier alpha value is -1.35. The van der Waals surface area contributed by atoms with E-state index < -0.39 is 0 Å². The van der Waals surface area contributed by atoms with Crippen molar-refractivity contribution < 1.29 is 9.53 Å². The molecule has 1 aliphatic carbocycles. The van der Waals surface area contributed by atoms with Crippen molar-refractivity contribution in [3.8, 4) is 0 Å². The van der Waals surface area contributed by atoms with Crippen LogP contribution in [0.25, 0.3) is 0 Å². The number of hydrogen-bond acceptors (Lipinski definition) is 2. The Balaban J connectivity index is 1.90. The monoisotopic (exact) mass is 287 g/mol. The summed E-state index contributed by atoms with van der Waals surface area (Å²) in [7, 11) is 0.